The molecule has 1 aromatic heterocycles. The summed E-state index contributed by atoms with van der Waals surface area (Å²) in [5.74, 6) is 0.173. The Morgan fingerprint density at radius 3 is 2.39 bits per heavy atom. The molecular weight excluding hydrogens is 307 g/mol. The van der Waals surface area contributed by atoms with Crippen molar-refractivity contribution >= 4 is 5.91 Å². The molecular formula is C16H14F3N3O. The number of rotatable bonds is 4. The van der Waals surface area contributed by atoms with E-state index in [2.05, 4.69) is 9.97 Å². The van der Waals surface area contributed by atoms with Gasteiger partial charge >= 0.3 is 6.18 Å². The van der Waals surface area contributed by atoms with Crippen LogP contribution in [-0.4, -0.2) is 15.9 Å². The molecule has 1 aromatic carbocycles. The van der Waals surface area contributed by atoms with Crippen LogP contribution < -0.4 is 5.73 Å². The van der Waals surface area contributed by atoms with E-state index in [4.69, 9.17) is 5.73 Å². The normalized spacial score (nSPS) is 14.7. The Kier molecular flexibility index (Phi) is 3.79. The molecule has 1 amide bonds. The number of primary amides is 1. The lowest BCUT2D eigenvalue weighted by atomic mass is 10.1. The fourth-order valence-electron chi connectivity index (χ4n) is 2.40. The lowest BCUT2D eigenvalue weighted by Crippen LogP contribution is -2.16. The first kappa shape index (κ1) is 15.5. The Balaban J connectivity index is 1.94. The minimum atomic E-state index is -4.37. The Labute approximate surface area is 130 Å². The van der Waals surface area contributed by atoms with Gasteiger partial charge in [0.1, 0.15) is 0 Å². The van der Waals surface area contributed by atoms with Gasteiger partial charge in [-0.25, -0.2) is 9.97 Å². The van der Waals surface area contributed by atoms with Crippen molar-refractivity contribution in [1.29, 1.82) is 0 Å². The number of benzene rings is 1. The predicted molar refractivity (Wildman–Crippen MR) is 77.3 cm³/mol. The molecule has 23 heavy (non-hydrogen) atoms. The molecule has 2 N–H and O–H groups in total. The molecule has 0 radical (unpaired) electrons. The molecule has 0 aliphatic heterocycles. The van der Waals surface area contributed by atoms with Crippen LogP contribution in [0.15, 0.2) is 30.5 Å². The first-order valence-electron chi connectivity index (χ1n) is 7.16. The molecule has 0 unspecified atom stereocenters. The smallest absolute Gasteiger partial charge is 0.369 e. The van der Waals surface area contributed by atoms with Crippen molar-refractivity contribution in [2.45, 2.75) is 31.4 Å². The number of carbonyl (C=O) groups is 1. The standard InChI is InChI=1S/C16H14F3N3O/c17-16(18,19)12-5-3-10(4-6-12)15-21-8-11(7-13(20)23)14(22-15)9-1-2-9/h3-6,8-9H,1-2,7H2,(H2,20,23). The van der Waals surface area contributed by atoms with E-state index < -0.39 is 17.6 Å². The zero-order valence-corrected chi connectivity index (χ0v) is 12.1. The number of nitrogens with two attached hydrogens (primary N) is 1. The summed E-state index contributed by atoms with van der Waals surface area (Å²) in [5, 5.41) is 0. The Morgan fingerprint density at radius 2 is 1.87 bits per heavy atom. The van der Waals surface area contributed by atoms with Crippen molar-refractivity contribution < 1.29 is 18.0 Å². The van der Waals surface area contributed by atoms with Crippen LogP contribution in [-0.2, 0) is 17.4 Å². The highest BCUT2D eigenvalue weighted by atomic mass is 19.4. The molecule has 0 spiro atoms. The summed E-state index contributed by atoms with van der Waals surface area (Å²) in [6.07, 6.45) is -0.800. The van der Waals surface area contributed by atoms with Crippen LogP contribution in [0.3, 0.4) is 0 Å². The molecule has 1 fully saturated rings. The molecule has 3 rings (SSSR count). The van der Waals surface area contributed by atoms with Crippen LogP contribution >= 0.6 is 0 Å². The van der Waals surface area contributed by atoms with Crippen molar-refractivity contribution in [2.24, 2.45) is 5.73 Å². The Hall–Kier alpha value is -2.44. The number of aromatic nitrogens is 2. The maximum atomic E-state index is 12.6. The van der Waals surface area contributed by atoms with Gasteiger partial charge in [-0.3, -0.25) is 4.79 Å². The molecule has 1 aliphatic rings. The second kappa shape index (κ2) is 5.64. The summed E-state index contributed by atoms with van der Waals surface area (Å²) in [6, 6.07) is 4.71. The van der Waals surface area contributed by atoms with Crippen molar-refractivity contribution in [3.05, 3.63) is 47.3 Å². The number of hydrogen-bond donors (Lipinski definition) is 1. The summed E-state index contributed by atoms with van der Waals surface area (Å²) in [5.41, 5.74) is 6.47. The van der Waals surface area contributed by atoms with Crippen LogP contribution in [0.5, 0.6) is 0 Å². The summed E-state index contributed by atoms with van der Waals surface area (Å²) in [7, 11) is 0. The number of halogens is 3. The maximum absolute atomic E-state index is 12.6. The molecule has 1 heterocycles. The zero-order valence-electron chi connectivity index (χ0n) is 12.1. The third kappa shape index (κ3) is 3.49. The lowest BCUT2D eigenvalue weighted by Gasteiger charge is -2.10. The molecule has 0 bridgehead atoms. The van der Waals surface area contributed by atoms with Crippen molar-refractivity contribution in [3.63, 3.8) is 0 Å². The van der Waals surface area contributed by atoms with Crippen molar-refractivity contribution in [2.75, 3.05) is 0 Å². The summed E-state index contributed by atoms with van der Waals surface area (Å²) < 4.78 is 37.8. The first-order chi connectivity index (χ1) is 10.8. The van der Waals surface area contributed by atoms with Crippen LogP contribution in [0.1, 0.15) is 35.6 Å². The van der Waals surface area contributed by atoms with Gasteiger partial charge < -0.3 is 5.73 Å². The quantitative estimate of drug-likeness (QED) is 0.941. The number of hydrogen-bond acceptors (Lipinski definition) is 3. The SMILES string of the molecule is NC(=O)Cc1cnc(-c2ccc(C(F)(F)F)cc2)nc1C1CC1. The van der Waals surface area contributed by atoms with Gasteiger partial charge in [-0.2, -0.15) is 13.2 Å². The number of alkyl halides is 3. The second-order valence-electron chi connectivity index (χ2n) is 5.60. The summed E-state index contributed by atoms with van der Waals surface area (Å²) >= 11 is 0. The van der Waals surface area contributed by atoms with E-state index in [1.54, 1.807) is 6.20 Å². The molecule has 0 saturated heterocycles. The maximum Gasteiger partial charge on any atom is 0.416 e. The van der Waals surface area contributed by atoms with E-state index in [9.17, 15) is 18.0 Å². The highest BCUT2D eigenvalue weighted by molar-refractivity contribution is 5.77. The number of nitrogens with zero attached hydrogens (tertiary/aromatic N) is 2. The molecule has 4 nitrogen and oxygen atoms in total. The lowest BCUT2D eigenvalue weighted by molar-refractivity contribution is -0.137. The van der Waals surface area contributed by atoms with Gasteiger partial charge in [-0.15, -0.1) is 0 Å². The fraction of sp³-hybridized carbons (Fsp3) is 0.312. The van der Waals surface area contributed by atoms with E-state index in [1.165, 1.54) is 12.1 Å². The minimum absolute atomic E-state index is 0.0686. The topological polar surface area (TPSA) is 68.9 Å². The van der Waals surface area contributed by atoms with E-state index in [0.29, 0.717) is 17.0 Å². The average molecular weight is 321 g/mol. The monoisotopic (exact) mass is 321 g/mol. The molecule has 120 valence electrons. The third-order valence-corrected chi connectivity index (χ3v) is 3.70. The summed E-state index contributed by atoms with van der Waals surface area (Å²) in [4.78, 5) is 19.7. The van der Waals surface area contributed by atoms with Crippen molar-refractivity contribution in [1.82, 2.24) is 9.97 Å². The van der Waals surface area contributed by atoms with E-state index >= 15 is 0 Å². The summed E-state index contributed by atoms with van der Waals surface area (Å²) in [6.45, 7) is 0. The van der Waals surface area contributed by atoms with E-state index in [1.807, 2.05) is 0 Å². The van der Waals surface area contributed by atoms with Gasteiger partial charge in [0.2, 0.25) is 5.91 Å². The van der Waals surface area contributed by atoms with Crippen LogP contribution in [0.4, 0.5) is 13.2 Å². The molecule has 7 heteroatoms. The number of carbonyl (C=O) groups excluding carboxylic acids is 1. The van der Waals surface area contributed by atoms with E-state index in [-0.39, 0.29) is 12.3 Å². The van der Waals surface area contributed by atoms with Crippen molar-refractivity contribution in [3.8, 4) is 11.4 Å². The van der Waals surface area contributed by atoms with Gasteiger partial charge in [-0.1, -0.05) is 12.1 Å². The Morgan fingerprint density at radius 1 is 1.22 bits per heavy atom. The van der Waals surface area contributed by atoms with Gasteiger partial charge in [0, 0.05) is 23.2 Å². The molecule has 1 saturated carbocycles. The van der Waals surface area contributed by atoms with Crippen LogP contribution in [0, 0.1) is 0 Å². The highest BCUT2D eigenvalue weighted by Gasteiger charge is 2.31. The number of amides is 1. The van der Waals surface area contributed by atoms with Gasteiger partial charge in [0.15, 0.2) is 5.82 Å². The van der Waals surface area contributed by atoms with Crippen LogP contribution in [0.25, 0.3) is 11.4 Å². The average Bonchev–Trinajstić information content (AvgIpc) is 3.31. The van der Waals surface area contributed by atoms with Gasteiger partial charge in [-0.05, 0) is 25.0 Å². The predicted octanol–water partition coefficient (Wildman–Crippen LogP) is 3.07. The minimum Gasteiger partial charge on any atom is -0.369 e. The third-order valence-electron chi connectivity index (χ3n) is 3.70. The highest BCUT2D eigenvalue weighted by Crippen LogP contribution is 2.41. The zero-order chi connectivity index (χ0) is 16.6. The molecule has 0 atom stereocenters. The van der Waals surface area contributed by atoms with Gasteiger partial charge in [0.05, 0.1) is 17.7 Å². The molecule has 1 aliphatic carbocycles. The molecule has 2 aromatic rings. The van der Waals surface area contributed by atoms with E-state index in [0.717, 1.165) is 30.7 Å². The largest absolute Gasteiger partial charge is 0.416 e. The fourth-order valence-corrected chi connectivity index (χ4v) is 2.40. The Bertz CT molecular complexity index is 737. The first-order valence-corrected chi connectivity index (χ1v) is 7.16. The van der Waals surface area contributed by atoms with Crippen LogP contribution in [0.2, 0.25) is 0 Å². The van der Waals surface area contributed by atoms with Gasteiger partial charge in [0.25, 0.3) is 0 Å². The second-order valence-corrected chi connectivity index (χ2v) is 5.60.